The van der Waals surface area contributed by atoms with Crippen molar-refractivity contribution < 1.29 is 9.53 Å². The Morgan fingerprint density at radius 2 is 2.08 bits per heavy atom. The predicted molar refractivity (Wildman–Crippen MR) is 51.4 cm³/mol. The second-order valence-corrected chi connectivity index (χ2v) is 4.09. The molecule has 0 spiro atoms. The zero-order chi connectivity index (χ0) is 9.84. The van der Waals surface area contributed by atoms with Gasteiger partial charge in [0.05, 0.1) is 6.54 Å². The van der Waals surface area contributed by atoms with Crippen LogP contribution in [-0.4, -0.2) is 24.7 Å². The van der Waals surface area contributed by atoms with Gasteiger partial charge in [0.15, 0.2) is 0 Å². The summed E-state index contributed by atoms with van der Waals surface area (Å²) in [6.45, 7) is 6.39. The Hall–Kier alpha value is -0.570. The van der Waals surface area contributed by atoms with Crippen LogP contribution in [0.3, 0.4) is 0 Å². The van der Waals surface area contributed by atoms with Crippen molar-refractivity contribution in [1.82, 2.24) is 5.32 Å². The SMILES string of the molecule is CC(C)C(C)OC(=O)CNC1CC1. The van der Waals surface area contributed by atoms with Gasteiger partial charge in [-0.2, -0.15) is 0 Å². The highest BCUT2D eigenvalue weighted by Gasteiger charge is 2.22. The smallest absolute Gasteiger partial charge is 0.320 e. The second-order valence-electron chi connectivity index (χ2n) is 4.09. The molecule has 1 unspecified atom stereocenters. The van der Waals surface area contributed by atoms with E-state index in [0.717, 1.165) is 0 Å². The van der Waals surface area contributed by atoms with E-state index >= 15 is 0 Å². The highest BCUT2D eigenvalue weighted by Crippen LogP contribution is 2.18. The van der Waals surface area contributed by atoms with Crippen molar-refractivity contribution in [2.24, 2.45) is 5.92 Å². The Kier molecular flexibility index (Phi) is 3.72. The molecule has 1 fully saturated rings. The fourth-order valence-electron chi connectivity index (χ4n) is 0.900. The molecule has 3 heteroatoms. The number of carbonyl (C=O) groups is 1. The summed E-state index contributed by atoms with van der Waals surface area (Å²) < 4.78 is 5.19. The number of ether oxygens (including phenoxy) is 1. The summed E-state index contributed by atoms with van der Waals surface area (Å²) in [6, 6.07) is 0.571. The summed E-state index contributed by atoms with van der Waals surface area (Å²) in [5.74, 6) is 0.262. The van der Waals surface area contributed by atoms with E-state index < -0.39 is 0 Å². The second kappa shape index (κ2) is 4.61. The van der Waals surface area contributed by atoms with Crippen molar-refractivity contribution in [2.75, 3.05) is 6.54 Å². The maximum atomic E-state index is 11.2. The number of hydrogen-bond donors (Lipinski definition) is 1. The van der Waals surface area contributed by atoms with Gasteiger partial charge in [0.2, 0.25) is 0 Å². The van der Waals surface area contributed by atoms with Crippen LogP contribution in [-0.2, 0) is 9.53 Å². The molecule has 0 bridgehead atoms. The lowest BCUT2D eigenvalue weighted by Gasteiger charge is -2.16. The highest BCUT2D eigenvalue weighted by atomic mass is 16.5. The third-order valence-corrected chi connectivity index (χ3v) is 2.37. The molecule has 0 saturated heterocycles. The molecule has 0 aliphatic heterocycles. The highest BCUT2D eigenvalue weighted by molar-refractivity contribution is 5.71. The van der Waals surface area contributed by atoms with Gasteiger partial charge in [-0.25, -0.2) is 0 Å². The standard InChI is InChI=1S/C10H19NO2/c1-7(2)8(3)13-10(12)6-11-9-4-5-9/h7-9,11H,4-6H2,1-3H3. The van der Waals surface area contributed by atoms with E-state index in [0.29, 0.717) is 18.5 Å². The Bertz CT molecular complexity index is 176. The first kappa shape index (κ1) is 10.5. The molecule has 1 saturated carbocycles. The van der Waals surface area contributed by atoms with Crippen LogP contribution in [0.2, 0.25) is 0 Å². The molecule has 0 aromatic carbocycles. The lowest BCUT2D eigenvalue weighted by Crippen LogP contribution is -2.30. The minimum Gasteiger partial charge on any atom is -0.461 e. The van der Waals surface area contributed by atoms with Gasteiger partial charge >= 0.3 is 5.97 Å². The fraction of sp³-hybridized carbons (Fsp3) is 0.900. The molecule has 0 radical (unpaired) electrons. The van der Waals surface area contributed by atoms with Gasteiger partial charge in [-0.3, -0.25) is 4.79 Å². The monoisotopic (exact) mass is 185 g/mol. The third kappa shape index (κ3) is 4.27. The molecule has 1 aliphatic carbocycles. The number of carbonyl (C=O) groups excluding carboxylic acids is 1. The first-order valence-electron chi connectivity index (χ1n) is 5.02. The molecule has 0 amide bonds. The lowest BCUT2D eigenvalue weighted by atomic mass is 10.1. The van der Waals surface area contributed by atoms with E-state index in [1.54, 1.807) is 0 Å². The van der Waals surface area contributed by atoms with E-state index in [2.05, 4.69) is 5.32 Å². The number of esters is 1. The molecular formula is C10H19NO2. The topological polar surface area (TPSA) is 38.3 Å². The third-order valence-electron chi connectivity index (χ3n) is 2.37. The Labute approximate surface area is 79.8 Å². The van der Waals surface area contributed by atoms with Crippen LogP contribution < -0.4 is 5.32 Å². The summed E-state index contributed by atoms with van der Waals surface area (Å²) in [4.78, 5) is 11.2. The van der Waals surface area contributed by atoms with Crippen molar-refractivity contribution in [3.05, 3.63) is 0 Å². The molecule has 1 aliphatic rings. The van der Waals surface area contributed by atoms with Crippen LogP contribution >= 0.6 is 0 Å². The first-order chi connectivity index (χ1) is 6.09. The fourth-order valence-corrected chi connectivity index (χ4v) is 0.900. The zero-order valence-electron chi connectivity index (χ0n) is 8.67. The predicted octanol–water partition coefficient (Wildman–Crippen LogP) is 1.33. The van der Waals surface area contributed by atoms with Gasteiger partial charge in [0, 0.05) is 6.04 Å². The zero-order valence-corrected chi connectivity index (χ0v) is 8.67. The van der Waals surface area contributed by atoms with E-state index in [1.165, 1.54) is 12.8 Å². The van der Waals surface area contributed by atoms with Crippen molar-refractivity contribution in [3.8, 4) is 0 Å². The minimum atomic E-state index is -0.131. The van der Waals surface area contributed by atoms with Crippen LogP contribution in [0.1, 0.15) is 33.6 Å². The van der Waals surface area contributed by atoms with Crippen LogP contribution in [0.25, 0.3) is 0 Å². The summed E-state index contributed by atoms with van der Waals surface area (Å²) in [6.07, 6.45) is 2.42. The number of rotatable bonds is 5. The normalized spacial score (nSPS) is 18.8. The molecule has 1 rings (SSSR count). The molecular weight excluding hydrogens is 166 g/mol. The van der Waals surface area contributed by atoms with Gasteiger partial charge in [0.25, 0.3) is 0 Å². The van der Waals surface area contributed by atoms with Gasteiger partial charge in [-0.15, -0.1) is 0 Å². The molecule has 13 heavy (non-hydrogen) atoms. The van der Waals surface area contributed by atoms with E-state index in [1.807, 2.05) is 20.8 Å². The lowest BCUT2D eigenvalue weighted by molar-refractivity contribution is -0.149. The molecule has 1 N–H and O–H groups in total. The van der Waals surface area contributed by atoms with E-state index in [-0.39, 0.29) is 12.1 Å². The molecule has 0 aromatic heterocycles. The van der Waals surface area contributed by atoms with Crippen LogP contribution in [0.4, 0.5) is 0 Å². The Balaban J connectivity index is 2.08. The van der Waals surface area contributed by atoms with Crippen LogP contribution in [0.15, 0.2) is 0 Å². The van der Waals surface area contributed by atoms with Crippen LogP contribution in [0.5, 0.6) is 0 Å². The van der Waals surface area contributed by atoms with Gasteiger partial charge < -0.3 is 10.1 Å². The minimum absolute atomic E-state index is 0.0218. The Morgan fingerprint density at radius 3 is 2.54 bits per heavy atom. The average Bonchev–Trinajstić information content (AvgIpc) is 2.83. The van der Waals surface area contributed by atoms with Gasteiger partial charge in [-0.05, 0) is 25.7 Å². The Morgan fingerprint density at radius 1 is 1.46 bits per heavy atom. The molecule has 0 heterocycles. The summed E-state index contributed by atoms with van der Waals surface area (Å²) in [5.41, 5.74) is 0. The van der Waals surface area contributed by atoms with Gasteiger partial charge in [0.1, 0.15) is 6.10 Å². The van der Waals surface area contributed by atoms with Crippen molar-refractivity contribution in [3.63, 3.8) is 0 Å². The summed E-state index contributed by atoms with van der Waals surface area (Å²) in [7, 11) is 0. The molecule has 76 valence electrons. The number of hydrogen-bond acceptors (Lipinski definition) is 3. The van der Waals surface area contributed by atoms with Crippen molar-refractivity contribution >= 4 is 5.97 Å². The van der Waals surface area contributed by atoms with Crippen molar-refractivity contribution in [2.45, 2.75) is 45.8 Å². The summed E-state index contributed by atoms with van der Waals surface area (Å²) >= 11 is 0. The number of nitrogens with one attached hydrogen (secondary N) is 1. The van der Waals surface area contributed by atoms with E-state index in [9.17, 15) is 4.79 Å². The van der Waals surface area contributed by atoms with Crippen LogP contribution in [0, 0.1) is 5.92 Å². The van der Waals surface area contributed by atoms with Gasteiger partial charge in [-0.1, -0.05) is 13.8 Å². The maximum absolute atomic E-state index is 11.2. The summed E-state index contributed by atoms with van der Waals surface area (Å²) in [5, 5.41) is 3.13. The first-order valence-corrected chi connectivity index (χ1v) is 5.02. The molecule has 3 nitrogen and oxygen atoms in total. The largest absolute Gasteiger partial charge is 0.461 e. The quantitative estimate of drug-likeness (QED) is 0.657. The molecule has 0 aromatic rings. The van der Waals surface area contributed by atoms with E-state index in [4.69, 9.17) is 4.74 Å². The molecule has 1 atom stereocenters. The van der Waals surface area contributed by atoms with Crippen molar-refractivity contribution in [1.29, 1.82) is 0 Å². The average molecular weight is 185 g/mol. The maximum Gasteiger partial charge on any atom is 0.320 e.